The second-order valence-corrected chi connectivity index (χ2v) is 4.53. The average molecular weight is 282 g/mol. The smallest absolute Gasteiger partial charge is 0.223 e. The number of hydrogen-bond donors (Lipinski definition) is 3. The Kier molecular flexibility index (Phi) is 4.87. The van der Waals surface area contributed by atoms with Crippen molar-refractivity contribution >= 4 is 17.6 Å². The summed E-state index contributed by atoms with van der Waals surface area (Å²) in [7, 11) is 0. The molecule has 6 N–H and O–H groups in total. The first kappa shape index (κ1) is 14.5. The normalized spacial score (nSPS) is 11.1. The highest BCUT2D eigenvalue weighted by Gasteiger charge is 1.97. The SMILES string of the molecule is NC(N)=NC(N)=Nc1ccc(CCc2ccncc2)cc1. The minimum Gasteiger partial charge on any atom is -0.370 e. The van der Waals surface area contributed by atoms with Crippen molar-refractivity contribution in [3.63, 3.8) is 0 Å². The van der Waals surface area contributed by atoms with Gasteiger partial charge < -0.3 is 17.2 Å². The molecule has 2 rings (SSSR count). The van der Waals surface area contributed by atoms with E-state index in [-0.39, 0.29) is 11.9 Å². The van der Waals surface area contributed by atoms with Crippen LogP contribution in [-0.4, -0.2) is 16.9 Å². The zero-order valence-electron chi connectivity index (χ0n) is 11.6. The molecule has 0 aliphatic carbocycles. The van der Waals surface area contributed by atoms with Gasteiger partial charge >= 0.3 is 0 Å². The number of aryl methyl sites for hydroxylation is 2. The van der Waals surface area contributed by atoms with E-state index in [9.17, 15) is 0 Å². The number of nitrogens with zero attached hydrogens (tertiary/aromatic N) is 3. The van der Waals surface area contributed by atoms with Gasteiger partial charge in [0, 0.05) is 12.4 Å². The van der Waals surface area contributed by atoms with Crippen LogP contribution in [0.15, 0.2) is 58.8 Å². The van der Waals surface area contributed by atoms with Gasteiger partial charge in [-0.3, -0.25) is 4.98 Å². The summed E-state index contributed by atoms with van der Waals surface area (Å²) in [5.41, 5.74) is 19.2. The Labute approximate surface area is 123 Å². The minimum absolute atomic E-state index is 0.0412. The van der Waals surface area contributed by atoms with Crippen molar-refractivity contribution < 1.29 is 0 Å². The molecule has 0 unspecified atom stereocenters. The average Bonchev–Trinajstić information content (AvgIpc) is 2.47. The highest BCUT2D eigenvalue weighted by molar-refractivity contribution is 5.93. The third-order valence-corrected chi connectivity index (χ3v) is 2.88. The van der Waals surface area contributed by atoms with E-state index in [0.29, 0.717) is 5.69 Å². The van der Waals surface area contributed by atoms with Crippen LogP contribution in [0.1, 0.15) is 11.1 Å². The lowest BCUT2D eigenvalue weighted by atomic mass is 10.1. The van der Waals surface area contributed by atoms with Crippen LogP contribution in [0, 0.1) is 0 Å². The minimum atomic E-state index is -0.106. The molecule has 0 amide bonds. The van der Waals surface area contributed by atoms with Crippen molar-refractivity contribution in [3.8, 4) is 0 Å². The van der Waals surface area contributed by atoms with Crippen LogP contribution < -0.4 is 17.2 Å². The number of rotatable bonds is 4. The van der Waals surface area contributed by atoms with Crippen LogP contribution in [-0.2, 0) is 12.8 Å². The second kappa shape index (κ2) is 7.04. The van der Waals surface area contributed by atoms with Gasteiger partial charge in [-0.1, -0.05) is 12.1 Å². The molecule has 108 valence electrons. The number of aromatic nitrogens is 1. The van der Waals surface area contributed by atoms with E-state index >= 15 is 0 Å². The lowest BCUT2D eigenvalue weighted by molar-refractivity contribution is 0.955. The Hall–Kier alpha value is -2.89. The molecule has 1 aromatic heterocycles. The van der Waals surface area contributed by atoms with Gasteiger partial charge in [0.05, 0.1) is 5.69 Å². The molecular formula is C15H18N6. The van der Waals surface area contributed by atoms with Gasteiger partial charge in [-0.05, 0) is 48.2 Å². The fourth-order valence-electron chi connectivity index (χ4n) is 1.86. The Morgan fingerprint density at radius 2 is 1.43 bits per heavy atom. The number of aliphatic imine (C=N–C) groups is 2. The van der Waals surface area contributed by atoms with Crippen LogP contribution in [0.25, 0.3) is 0 Å². The monoisotopic (exact) mass is 282 g/mol. The summed E-state index contributed by atoms with van der Waals surface area (Å²) in [4.78, 5) is 11.8. The summed E-state index contributed by atoms with van der Waals surface area (Å²) >= 11 is 0. The number of benzene rings is 1. The maximum absolute atomic E-state index is 5.58. The molecule has 21 heavy (non-hydrogen) atoms. The molecule has 1 heterocycles. The molecule has 0 radical (unpaired) electrons. The molecule has 2 aromatic rings. The molecule has 1 aromatic carbocycles. The van der Waals surface area contributed by atoms with Crippen LogP contribution in [0.4, 0.5) is 5.69 Å². The highest BCUT2D eigenvalue weighted by atomic mass is 15.1. The second-order valence-electron chi connectivity index (χ2n) is 4.53. The molecule has 6 heteroatoms. The molecule has 6 nitrogen and oxygen atoms in total. The maximum Gasteiger partial charge on any atom is 0.223 e. The summed E-state index contributed by atoms with van der Waals surface area (Å²) < 4.78 is 0. The fourth-order valence-corrected chi connectivity index (χ4v) is 1.86. The number of hydrogen-bond acceptors (Lipinski definition) is 2. The predicted octanol–water partition coefficient (Wildman–Crippen LogP) is 1.09. The third-order valence-electron chi connectivity index (χ3n) is 2.88. The van der Waals surface area contributed by atoms with E-state index in [1.165, 1.54) is 11.1 Å². The molecule has 0 aliphatic rings. The van der Waals surface area contributed by atoms with Gasteiger partial charge in [0.2, 0.25) is 5.96 Å². The van der Waals surface area contributed by atoms with Crippen molar-refractivity contribution in [2.24, 2.45) is 27.2 Å². The van der Waals surface area contributed by atoms with Gasteiger partial charge in [0.15, 0.2) is 5.96 Å². The lowest BCUT2D eigenvalue weighted by Gasteiger charge is -2.02. The standard InChI is InChI=1S/C15H18N6/c16-14(17)21-15(18)20-13-5-3-11(4-6-13)1-2-12-7-9-19-10-8-12/h3-10H,1-2H2,(H6,16,17,18,20,21). The number of guanidine groups is 2. The topological polar surface area (TPSA) is 116 Å². The van der Waals surface area contributed by atoms with E-state index in [2.05, 4.69) is 15.0 Å². The van der Waals surface area contributed by atoms with E-state index < -0.39 is 0 Å². The number of pyridine rings is 1. The fraction of sp³-hybridized carbons (Fsp3) is 0.133. The van der Waals surface area contributed by atoms with E-state index in [0.717, 1.165) is 12.8 Å². The van der Waals surface area contributed by atoms with E-state index in [4.69, 9.17) is 17.2 Å². The largest absolute Gasteiger partial charge is 0.370 e. The maximum atomic E-state index is 5.58. The first-order valence-electron chi connectivity index (χ1n) is 6.55. The summed E-state index contributed by atoms with van der Waals surface area (Å²) in [6, 6.07) is 11.8. The van der Waals surface area contributed by atoms with Crippen LogP contribution in [0.2, 0.25) is 0 Å². The third kappa shape index (κ3) is 4.94. The van der Waals surface area contributed by atoms with Gasteiger partial charge in [-0.25, -0.2) is 4.99 Å². The molecule has 0 bridgehead atoms. The molecule has 0 aliphatic heterocycles. The summed E-state index contributed by atoms with van der Waals surface area (Å²) in [5.74, 6) is -0.0650. The summed E-state index contributed by atoms with van der Waals surface area (Å²) in [5, 5.41) is 0. The van der Waals surface area contributed by atoms with Crippen molar-refractivity contribution in [1.82, 2.24) is 4.98 Å². The van der Waals surface area contributed by atoms with Crippen LogP contribution in [0.5, 0.6) is 0 Å². The van der Waals surface area contributed by atoms with E-state index in [1.807, 2.05) is 36.4 Å². The summed E-state index contributed by atoms with van der Waals surface area (Å²) in [6.45, 7) is 0. The zero-order valence-corrected chi connectivity index (χ0v) is 11.6. The predicted molar refractivity (Wildman–Crippen MR) is 85.2 cm³/mol. The first-order chi connectivity index (χ1) is 10.1. The van der Waals surface area contributed by atoms with Crippen LogP contribution >= 0.6 is 0 Å². The van der Waals surface area contributed by atoms with E-state index in [1.54, 1.807) is 12.4 Å². The molecular weight excluding hydrogens is 264 g/mol. The molecule has 0 spiro atoms. The molecule has 0 saturated carbocycles. The Morgan fingerprint density at radius 1 is 0.857 bits per heavy atom. The van der Waals surface area contributed by atoms with Gasteiger partial charge in [-0.15, -0.1) is 0 Å². The zero-order chi connectivity index (χ0) is 15.1. The van der Waals surface area contributed by atoms with Crippen molar-refractivity contribution in [1.29, 1.82) is 0 Å². The molecule has 0 atom stereocenters. The quantitative estimate of drug-likeness (QED) is 0.575. The molecule has 0 fully saturated rings. The van der Waals surface area contributed by atoms with Crippen molar-refractivity contribution in [2.45, 2.75) is 12.8 Å². The first-order valence-corrected chi connectivity index (χ1v) is 6.55. The summed E-state index contributed by atoms with van der Waals surface area (Å²) in [6.07, 6.45) is 5.54. The van der Waals surface area contributed by atoms with Gasteiger partial charge in [0.25, 0.3) is 0 Å². The van der Waals surface area contributed by atoms with Gasteiger partial charge in [-0.2, -0.15) is 4.99 Å². The lowest BCUT2D eigenvalue weighted by Crippen LogP contribution is -2.26. The van der Waals surface area contributed by atoms with Crippen LogP contribution in [0.3, 0.4) is 0 Å². The van der Waals surface area contributed by atoms with Gasteiger partial charge in [0.1, 0.15) is 0 Å². The molecule has 0 saturated heterocycles. The van der Waals surface area contributed by atoms with Crippen molar-refractivity contribution in [2.75, 3.05) is 0 Å². The Balaban J connectivity index is 1.98. The van der Waals surface area contributed by atoms with Crippen molar-refractivity contribution in [3.05, 3.63) is 59.9 Å². The highest BCUT2D eigenvalue weighted by Crippen LogP contribution is 2.14. The number of nitrogens with two attached hydrogens (primary N) is 3. The Bertz CT molecular complexity index is 627. The Morgan fingerprint density at radius 3 is 2.00 bits per heavy atom.